The normalized spacial score (nSPS) is 12.2. The molecular weight excluding hydrogens is 181 g/mol. The average molecular weight is 186 g/mol. The molecule has 0 spiro atoms. The lowest BCUT2D eigenvalue weighted by Gasteiger charge is -2.04. The lowest BCUT2D eigenvalue weighted by Crippen LogP contribution is -2.08. The average Bonchev–Trinajstić information content (AvgIpc) is 2.08. The van der Waals surface area contributed by atoms with E-state index in [2.05, 4.69) is 4.98 Å². The molecule has 1 rings (SSSR count). The van der Waals surface area contributed by atoms with Gasteiger partial charge in [-0.05, 0) is 6.07 Å². The maximum absolute atomic E-state index is 12.7. The van der Waals surface area contributed by atoms with E-state index in [0.717, 1.165) is 0 Å². The molecular formula is C7H5ClFN3. The van der Waals surface area contributed by atoms with Gasteiger partial charge in [0, 0.05) is 11.8 Å². The number of hydrogen-bond donors (Lipinski definition) is 1. The molecule has 1 unspecified atom stereocenters. The van der Waals surface area contributed by atoms with Gasteiger partial charge >= 0.3 is 0 Å². The number of pyridine rings is 1. The monoisotopic (exact) mass is 185 g/mol. The van der Waals surface area contributed by atoms with Crippen LogP contribution in [-0.4, -0.2) is 4.98 Å². The Labute approximate surface area is 73.6 Å². The zero-order valence-corrected chi connectivity index (χ0v) is 6.72. The molecule has 0 aliphatic heterocycles. The van der Waals surface area contributed by atoms with E-state index in [1.54, 1.807) is 6.07 Å². The minimum absolute atomic E-state index is 0.188. The molecule has 3 nitrogen and oxygen atoms in total. The largest absolute Gasteiger partial charge is 0.312 e. The van der Waals surface area contributed by atoms with Crippen LogP contribution in [0.25, 0.3) is 0 Å². The summed E-state index contributed by atoms with van der Waals surface area (Å²) >= 11 is 5.50. The number of nitriles is 1. The van der Waals surface area contributed by atoms with E-state index < -0.39 is 12.0 Å². The summed E-state index contributed by atoms with van der Waals surface area (Å²) in [5.41, 5.74) is 5.58. The summed E-state index contributed by atoms with van der Waals surface area (Å²) < 4.78 is 12.7. The van der Waals surface area contributed by atoms with Crippen molar-refractivity contribution < 1.29 is 4.39 Å². The van der Waals surface area contributed by atoms with Crippen LogP contribution in [0.15, 0.2) is 12.3 Å². The summed E-state index contributed by atoms with van der Waals surface area (Å²) in [6, 6.07) is 2.26. The van der Waals surface area contributed by atoms with Gasteiger partial charge in [0.05, 0.1) is 6.07 Å². The third kappa shape index (κ3) is 1.52. The van der Waals surface area contributed by atoms with Crippen LogP contribution in [0.4, 0.5) is 4.39 Å². The maximum Gasteiger partial charge on any atom is 0.231 e. The van der Waals surface area contributed by atoms with Gasteiger partial charge in [0.1, 0.15) is 11.1 Å². The van der Waals surface area contributed by atoms with Gasteiger partial charge in [-0.1, -0.05) is 11.6 Å². The molecule has 0 saturated heterocycles. The Bertz CT molecular complexity index is 334. The maximum atomic E-state index is 12.7. The second-order valence-electron chi connectivity index (χ2n) is 2.11. The fourth-order valence-corrected chi connectivity index (χ4v) is 0.971. The molecule has 0 bridgehead atoms. The molecule has 62 valence electrons. The van der Waals surface area contributed by atoms with Crippen molar-refractivity contribution in [1.29, 1.82) is 5.26 Å². The number of nitrogens with zero attached hydrogens (tertiary/aromatic N) is 2. The van der Waals surface area contributed by atoms with Crippen LogP contribution in [0.2, 0.25) is 5.02 Å². The third-order valence-corrected chi connectivity index (χ3v) is 1.72. The summed E-state index contributed by atoms with van der Waals surface area (Å²) in [5, 5.41) is 8.24. The Morgan fingerprint density at radius 1 is 1.75 bits per heavy atom. The van der Waals surface area contributed by atoms with Crippen LogP contribution in [0.1, 0.15) is 11.6 Å². The third-order valence-electron chi connectivity index (χ3n) is 1.35. The fourth-order valence-electron chi connectivity index (χ4n) is 0.742. The van der Waals surface area contributed by atoms with Gasteiger partial charge in [0.15, 0.2) is 0 Å². The molecule has 0 radical (unpaired) electrons. The van der Waals surface area contributed by atoms with Gasteiger partial charge in [-0.2, -0.15) is 9.65 Å². The highest BCUT2D eigenvalue weighted by Gasteiger charge is 2.12. The summed E-state index contributed by atoms with van der Waals surface area (Å²) in [5.74, 6) is -0.806. The number of halogens is 2. The molecule has 0 saturated carbocycles. The zero-order chi connectivity index (χ0) is 9.14. The van der Waals surface area contributed by atoms with E-state index in [1.165, 1.54) is 12.3 Å². The first-order valence-electron chi connectivity index (χ1n) is 3.12. The Balaban J connectivity index is 3.18. The highest BCUT2D eigenvalue weighted by molar-refractivity contribution is 6.31. The summed E-state index contributed by atoms with van der Waals surface area (Å²) in [6.07, 6.45) is 1.22. The topological polar surface area (TPSA) is 62.7 Å². The molecule has 5 heteroatoms. The standard InChI is InChI=1S/C7H5ClFN3/c8-6-4(5(11)3-10)1-2-12-7(6)9/h1-2,5H,11H2. The zero-order valence-electron chi connectivity index (χ0n) is 5.96. The van der Waals surface area contributed by atoms with E-state index in [9.17, 15) is 4.39 Å². The SMILES string of the molecule is N#CC(N)c1ccnc(F)c1Cl. The van der Waals surface area contributed by atoms with Crippen LogP contribution in [0.5, 0.6) is 0 Å². The predicted octanol–water partition coefficient (Wildman–Crippen LogP) is 1.40. The first-order chi connectivity index (χ1) is 5.66. The number of rotatable bonds is 1. The highest BCUT2D eigenvalue weighted by Crippen LogP contribution is 2.21. The smallest absolute Gasteiger partial charge is 0.231 e. The Kier molecular flexibility index (Phi) is 2.58. The van der Waals surface area contributed by atoms with Crippen LogP contribution >= 0.6 is 11.6 Å². The number of nitrogens with two attached hydrogens (primary N) is 1. The van der Waals surface area contributed by atoms with Crippen LogP contribution in [0.3, 0.4) is 0 Å². The quantitative estimate of drug-likeness (QED) is 0.673. The first-order valence-corrected chi connectivity index (χ1v) is 3.49. The number of hydrogen-bond acceptors (Lipinski definition) is 3. The van der Waals surface area contributed by atoms with Crippen molar-refractivity contribution in [3.63, 3.8) is 0 Å². The Morgan fingerprint density at radius 3 is 3.00 bits per heavy atom. The predicted molar refractivity (Wildman–Crippen MR) is 41.7 cm³/mol. The minimum atomic E-state index is -0.907. The van der Waals surface area contributed by atoms with Crippen LogP contribution in [-0.2, 0) is 0 Å². The van der Waals surface area contributed by atoms with Crippen LogP contribution in [0, 0.1) is 17.3 Å². The van der Waals surface area contributed by atoms with E-state index in [1.807, 2.05) is 0 Å². The molecule has 0 amide bonds. The second kappa shape index (κ2) is 3.48. The summed E-state index contributed by atoms with van der Waals surface area (Å²) in [4.78, 5) is 3.29. The van der Waals surface area contributed by atoms with E-state index in [4.69, 9.17) is 22.6 Å². The van der Waals surface area contributed by atoms with Gasteiger partial charge in [0.2, 0.25) is 5.95 Å². The van der Waals surface area contributed by atoms with Crippen molar-refractivity contribution in [2.24, 2.45) is 5.73 Å². The lowest BCUT2D eigenvalue weighted by molar-refractivity contribution is 0.581. The molecule has 0 aliphatic carbocycles. The van der Waals surface area contributed by atoms with Crippen molar-refractivity contribution in [1.82, 2.24) is 4.98 Å². The molecule has 2 N–H and O–H groups in total. The lowest BCUT2D eigenvalue weighted by atomic mass is 10.1. The molecule has 12 heavy (non-hydrogen) atoms. The van der Waals surface area contributed by atoms with E-state index in [-0.39, 0.29) is 10.6 Å². The summed E-state index contributed by atoms with van der Waals surface area (Å²) in [6.45, 7) is 0. The van der Waals surface area contributed by atoms with Crippen molar-refractivity contribution in [3.05, 3.63) is 28.8 Å². The molecule has 1 atom stereocenters. The van der Waals surface area contributed by atoms with Gasteiger partial charge in [-0.15, -0.1) is 0 Å². The van der Waals surface area contributed by atoms with Gasteiger partial charge < -0.3 is 5.73 Å². The van der Waals surface area contributed by atoms with Gasteiger partial charge in [-0.3, -0.25) is 0 Å². The molecule has 0 aliphatic rings. The molecule has 0 aromatic carbocycles. The van der Waals surface area contributed by atoms with E-state index >= 15 is 0 Å². The summed E-state index contributed by atoms with van der Waals surface area (Å²) in [7, 11) is 0. The molecule has 1 heterocycles. The van der Waals surface area contributed by atoms with Crippen molar-refractivity contribution in [2.45, 2.75) is 6.04 Å². The number of aromatic nitrogens is 1. The van der Waals surface area contributed by atoms with Crippen LogP contribution < -0.4 is 5.73 Å². The van der Waals surface area contributed by atoms with Crippen molar-refractivity contribution in [2.75, 3.05) is 0 Å². The first kappa shape index (κ1) is 8.91. The second-order valence-corrected chi connectivity index (χ2v) is 2.49. The van der Waals surface area contributed by atoms with E-state index in [0.29, 0.717) is 0 Å². The Hall–Kier alpha value is -1.18. The molecule has 0 fully saturated rings. The fraction of sp³-hybridized carbons (Fsp3) is 0.143. The molecule has 1 aromatic heterocycles. The minimum Gasteiger partial charge on any atom is -0.312 e. The van der Waals surface area contributed by atoms with Gasteiger partial charge in [0.25, 0.3) is 0 Å². The van der Waals surface area contributed by atoms with Crippen molar-refractivity contribution >= 4 is 11.6 Å². The molecule has 1 aromatic rings. The van der Waals surface area contributed by atoms with Crippen molar-refractivity contribution in [3.8, 4) is 6.07 Å². The highest BCUT2D eigenvalue weighted by atomic mass is 35.5. The van der Waals surface area contributed by atoms with Gasteiger partial charge in [-0.25, -0.2) is 4.98 Å². The Morgan fingerprint density at radius 2 is 2.42 bits per heavy atom.